The molecule has 1 aromatic heterocycles. The number of hydrogen-bond donors (Lipinski definition) is 1. The van der Waals surface area contributed by atoms with Crippen molar-refractivity contribution >= 4 is 21.7 Å². The van der Waals surface area contributed by atoms with Crippen LogP contribution in [0.3, 0.4) is 0 Å². The van der Waals surface area contributed by atoms with E-state index >= 15 is 0 Å². The summed E-state index contributed by atoms with van der Waals surface area (Å²) >= 11 is 3.53. The summed E-state index contributed by atoms with van der Waals surface area (Å²) < 4.78 is 7.97. The first-order valence-corrected chi connectivity index (χ1v) is 7.37. The zero-order chi connectivity index (χ0) is 14.0. The number of rotatable bonds is 4. The Morgan fingerprint density at radius 2 is 2.16 bits per heavy atom. The zero-order valence-electron chi connectivity index (χ0n) is 11.4. The van der Waals surface area contributed by atoms with Gasteiger partial charge in [-0.1, -0.05) is 6.92 Å². The van der Waals surface area contributed by atoms with Gasteiger partial charge in [-0.05, 0) is 35.2 Å². The average molecular weight is 330 g/mol. The van der Waals surface area contributed by atoms with E-state index in [0.717, 1.165) is 22.3 Å². The fraction of sp³-hybridized carbons (Fsp3) is 0.692. The van der Waals surface area contributed by atoms with Crippen LogP contribution in [0.25, 0.3) is 0 Å². The molecule has 2 rings (SSSR count). The van der Waals surface area contributed by atoms with Gasteiger partial charge in [0.2, 0.25) is 0 Å². The van der Waals surface area contributed by atoms with Crippen molar-refractivity contribution in [1.82, 2.24) is 9.78 Å². The molecule has 0 amide bonds. The van der Waals surface area contributed by atoms with E-state index in [-0.39, 0.29) is 5.78 Å². The van der Waals surface area contributed by atoms with Gasteiger partial charge in [0.1, 0.15) is 0 Å². The summed E-state index contributed by atoms with van der Waals surface area (Å²) in [6.45, 7) is 3.17. The third kappa shape index (κ3) is 2.90. The van der Waals surface area contributed by atoms with E-state index in [1.807, 2.05) is 14.0 Å². The highest BCUT2D eigenvalue weighted by molar-refractivity contribution is 9.10. The van der Waals surface area contributed by atoms with Crippen molar-refractivity contribution in [3.05, 3.63) is 15.9 Å². The van der Waals surface area contributed by atoms with Gasteiger partial charge in [-0.15, -0.1) is 0 Å². The Hall–Kier alpha value is -0.720. The quantitative estimate of drug-likeness (QED) is 0.905. The van der Waals surface area contributed by atoms with E-state index in [4.69, 9.17) is 10.5 Å². The molecule has 1 saturated heterocycles. The number of aromatic nitrogens is 2. The van der Waals surface area contributed by atoms with Crippen LogP contribution in [0.2, 0.25) is 0 Å². The second-order valence-electron chi connectivity index (χ2n) is 5.05. The molecule has 0 aromatic carbocycles. The lowest BCUT2D eigenvalue weighted by atomic mass is 9.85. The van der Waals surface area contributed by atoms with Crippen molar-refractivity contribution in [3.8, 4) is 0 Å². The molecule has 0 aliphatic carbocycles. The van der Waals surface area contributed by atoms with E-state index in [0.29, 0.717) is 32.5 Å². The van der Waals surface area contributed by atoms with Crippen molar-refractivity contribution in [2.45, 2.75) is 38.1 Å². The molecule has 0 atom stereocenters. The molecule has 2 heterocycles. The molecule has 6 heteroatoms. The largest absolute Gasteiger partial charge is 0.381 e. The van der Waals surface area contributed by atoms with Crippen molar-refractivity contribution in [1.29, 1.82) is 0 Å². The van der Waals surface area contributed by atoms with Crippen LogP contribution >= 0.6 is 15.9 Å². The van der Waals surface area contributed by atoms with Gasteiger partial charge in [-0.2, -0.15) is 5.10 Å². The molecule has 0 saturated carbocycles. The van der Waals surface area contributed by atoms with E-state index in [2.05, 4.69) is 21.0 Å². The smallest absolute Gasteiger partial charge is 0.158 e. The Balaban J connectivity index is 2.16. The number of ether oxygens (including phenoxy) is 1. The van der Waals surface area contributed by atoms with Crippen LogP contribution in [0.4, 0.5) is 0 Å². The number of hydrogen-bond acceptors (Lipinski definition) is 4. The van der Waals surface area contributed by atoms with E-state index < -0.39 is 5.54 Å². The number of Topliss-reactive ketones (excluding diaryl/α,β-unsaturated/α-hetero) is 1. The van der Waals surface area contributed by atoms with Crippen molar-refractivity contribution in [3.63, 3.8) is 0 Å². The molecule has 1 aliphatic heterocycles. The lowest BCUT2D eigenvalue weighted by Crippen LogP contribution is -2.52. The summed E-state index contributed by atoms with van der Waals surface area (Å²) in [5, 5.41) is 4.40. The molecular weight excluding hydrogens is 310 g/mol. The van der Waals surface area contributed by atoms with Gasteiger partial charge in [0, 0.05) is 20.3 Å². The number of nitrogens with two attached hydrogens (primary N) is 1. The Labute approximate surface area is 121 Å². The Kier molecular flexibility index (Phi) is 4.43. The topological polar surface area (TPSA) is 70.1 Å². The summed E-state index contributed by atoms with van der Waals surface area (Å²) in [5.41, 5.74) is 7.35. The summed E-state index contributed by atoms with van der Waals surface area (Å²) in [6.07, 6.45) is 2.36. The average Bonchev–Trinajstić information content (AvgIpc) is 2.67. The predicted molar refractivity (Wildman–Crippen MR) is 76.0 cm³/mol. The number of carbonyl (C=O) groups excluding carboxylic acids is 1. The first kappa shape index (κ1) is 14.7. The van der Waals surface area contributed by atoms with E-state index in [9.17, 15) is 4.79 Å². The summed E-state index contributed by atoms with van der Waals surface area (Å²) in [7, 11) is 1.86. The minimum atomic E-state index is -0.742. The van der Waals surface area contributed by atoms with E-state index in [1.165, 1.54) is 0 Å². The molecule has 1 fully saturated rings. The number of halogens is 1. The minimum Gasteiger partial charge on any atom is -0.381 e. The van der Waals surface area contributed by atoms with Crippen molar-refractivity contribution in [2.75, 3.05) is 13.2 Å². The normalized spacial score (nSPS) is 18.5. The summed E-state index contributed by atoms with van der Waals surface area (Å²) in [5.74, 6) is 0.0714. The lowest BCUT2D eigenvalue weighted by Gasteiger charge is -2.31. The van der Waals surface area contributed by atoms with Gasteiger partial charge < -0.3 is 10.5 Å². The maximum Gasteiger partial charge on any atom is 0.158 e. The van der Waals surface area contributed by atoms with Crippen LogP contribution in [-0.4, -0.2) is 34.3 Å². The molecule has 0 spiro atoms. The van der Waals surface area contributed by atoms with Gasteiger partial charge in [0.25, 0.3) is 0 Å². The van der Waals surface area contributed by atoms with Crippen LogP contribution in [0.5, 0.6) is 0 Å². The summed E-state index contributed by atoms with van der Waals surface area (Å²) in [6, 6.07) is 0. The highest BCUT2D eigenvalue weighted by Gasteiger charge is 2.36. The highest BCUT2D eigenvalue weighted by atomic mass is 79.9. The molecule has 5 nitrogen and oxygen atoms in total. The monoisotopic (exact) mass is 329 g/mol. The van der Waals surface area contributed by atoms with Crippen LogP contribution in [0, 0.1) is 0 Å². The minimum absolute atomic E-state index is 0.0714. The highest BCUT2D eigenvalue weighted by Crippen LogP contribution is 2.26. The van der Waals surface area contributed by atoms with E-state index in [1.54, 1.807) is 4.68 Å². The first-order chi connectivity index (χ1) is 8.98. The first-order valence-electron chi connectivity index (χ1n) is 6.58. The van der Waals surface area contributed by atoms with Gasteiger partial charge in [-0.25, -0.2) is 0 Å². The maximum atomic E-state index is 12.4. The van der Waals surface area contributed by atoms with Crippen LogP contribution < -0.4 is 5.73 Å². The second-order valence-corrected chi connectivity index (χ2v) is 5.85. The standard InChI is InChI=1S/C13H20BrN3O2/c1-3-9-12(14)10(17(2)16-9)8-11(18)13(15)4-6-19-7-5-13/h3-8,15H2,1-2H3. The molecule has 0 bridgehead atoms. The Morgan fingerprint density at radius 3 is 2.68 bits per heavy atom. The molecule has 0 unspecified atom stereocenters. The fourth-order valence-corrected chi connectivity index (χ4v) is 3.11. The molecule has 0 radical (unpaired) electrons. The van der Waals surface area contributed by atoms with Gasteiger partial charge in [0.15, 0.2) is 5.78 Å². The second kappa shape index (κ2) is 5.73. The number of aryl methyl sites for hydroxylation is 2. The van der Waals surface area contributed by atoms with Crippen LogP contribution in [0.15, 0.2) is 4.47 Å². The molecule has 2 N–H and O–H groups in total. The van der Waals surface area contributed by atoms with Gasteiger partial charge in [-0.3, -0.25) is 9.48 Å². The molecule has 19 heavy (non-hydrogen) atoms. The van der Waals surface area contributed by atoms with Crippen LogP contribution in [-0.2, 0) is 29.4 Å². The molecular formula is C13H20BrN3O2. The SMILES string of the molecule is CCc1nn(C)c(CC(=O)C2(N)CCOCC2)c1Br. The van der Waals surface area contributed by atoms with Crippen molar-refractivity contribution in [2.24, 2.45) is 12.8 Å². The van der Waals surface area contributed by atoms with Crippen molar-refractivity contribution < 1.29 is 9.53 Å². The number of nitrogens with zero attached hydrogens (tertiary/aromatic N) is 2. The summed E-state index contributed by atoms with van der Waals surface area (Å²) in [4.78, 5) is 12.4. The van der Waals surface area contributed by atoms with Gasteiger partial charge >= 0.3 is 0 Å². The molecule has 1 aliphatic rings. The molecule has 1 aromatic rings. The number of ketones is 1. The van der Waals surface area contributed by atoms with Gasteiger partial charge in [0.05, 0.1) is 27.8 Å². The Bertz CT molecular complexity index is 478. The third-order valence-corrected chi connectivity index (χ3v) is 4.69. The number of carbonyl (C=O) groups is 1. The fourth-order valence-electron chi connectivity index (χ4n) is 2.35. The zero-order valence-corrected chi connectivity index (χ0v) is 13.0. The molecule has 106 valence electrons. The lowest BCUT2D eigenvalue weighted by molar-refractivity contribution is -0.127. The Morgan fingerprint density at radius 1 is 1.53 bits per heavy atom. The van der Waals surface area contributed by atoms with Crippen LogP contribution in [0.1, 0.15) is 31.2 Å². The third-order valence-electron chi connectivity index (χ3n) is 3.77. The maximum absolute atomic E-state index is 12.4. The predicted octanol–water partition coefficient (Wildman–Crippen LogP) is 1.36.